The lowest BCUT2D eigenvalue weighted by Gasteiger charge is -2.33. The van der Waals surface area contributed by atoms with Crippen LogP contribution in [0.3, 0.4) is 0 Å². The van der Waals surface area contributed by atoms with E-state index < -0.39 is 11.5 Å². The van der Waals surface area contributed by atoms with Crippen molar-refractivity contribution in [3.8, 4) is 0 Å². The van der Waals surface area contributed by atoms with E-state index in [-0.39, 0.29) is 0 Å². The highest BCUT2D eigenvalue weighted by atomic mass is 16.5. The Kier molecular flexibility index (Phi) is 3.47. The lowest BCUT2D eigenvalue weighted by Crippen LogP contribution is -2.49. The first-order valence-electron chi connectivity index (χ1n) is 4.85. The van der Waals surface area contributed by atoms with Crippen LogP contribution in [0.15, 0.2) is 17.0 Å². The van der Waals surface area contributed by atoms with Crippen molar-refractivity contribution in [3.05, 3.63) is 18.0 Å². The summed E-state index contributed by atoms with van der Waals surface area (Å²) in [5.41, 5.74) is -0.00220. The van der Waals surface area contributed by atoms with E-state index in [0.29, 0.717) is 13.1 Å². The minimum absolute atomic E-state index is 0.527. The standard InChI is InChI=1S/C10H16N2O3/c1-4-12(10(2,3)9(13)14)6-8-5-11-15-7-8/h5,7H,4,6H2,1-3H3,(H,13,14). The second kappa shape index (κ2) is 4.44. The van der Waals surface area contributed by atoms with Gasteiger partial charge < -0.3 is 9.63 Å². The summed E-state index contributed by atoms with van der Waals surface area (Å²) in [6, 6.07) is 0. The van der Waals surface area contributed by atoms with Crippen molar-refractivity contribution < 1.29 is 14.4 Å². The average molecular weight is 212 g/mol. The van der Waals surface area contributed by atoms with Gasteiger partial charge in [0, 0.05) is 12.1 Å². The summed E-state index contributed by atoms with van der Waals surface area (Å²) < 4.78 is 4.71. The second-order valence-corrected chi connectivity index (χ2v) is 3.91. The molecule has 0 radical (unpaired) electrons. The number of hydrogen-bond donors (Lipinski definition) is 1. The van der Waals surface area contributed by atoms with Crippen LogP contribution in [0.4, 0.5) is 0 Å². The van der Waals surface area contributed by atoms with Crippen LogP contribution < -0.4 is 0 Å². The highest BCUT2D eigenvalue weighted by Gasteiger charge is 2.33. The summed E-state index contributed by atoms with van der Waals surface area (Å²) in [7, 11) is 0. The number of aromatic nitrogens is 1. The average Bonchev–Trinajstić information content (AvgIpc) is 2.65. The van der Waals surface area contributed by atoms with Crippen molar-refractivity contribution in [3.63, 3.8) is 0 Å². The van der Waals surface area contributed by atoms with Crippen LogP contribution in [0.5, 0.6) is 0 Å². The van der Waals surface area contributed by atoms with Crippen LogP contribution in [-0.4, -0.2) is 33.2 Å². The first-order valence-corrected chi connectivity index (χ1v) is 4.85. The number of carbonyl (C=O) groups is 1. The molecule has 1 rings (SSSR count). The Hall–Kier alpha value is -1.36. The van der Waals surface area contributed by atoms with Crippen LogP contribution in [0.25, 0.3) is 0 Å². The first kappa shape index (κ1) is 11.7. The van der Waals surface area contributed by atoms with Gasteiger partial charge in [-0.1, -0.05) is 12.1 Å². The van der Waals surface area contributed by atoms with Gasteiger partial charge in [0.1, 0.15) is 11.8 Å². The molecule has 0 fully saturated rings. The molecule has 0 atom stereocenters. The van der Waals surface area contributed by atoms with Gasteiger partial charge >= 0.3 is 5.97 Å². The summed E-state index contributed by atoms with van der Waals surface area (Å²) in [6.07, 6.45) is 3.13. The molecule has 1 heterocycles. The number of aliphatic carboxylic acids is 1. The molecule has 0 saturated carbocycles. The molecule has 0 amide bonds. The van der Waals surface area contributed by atoms with Crippen LogP contribution in [0, 0.1) is 0 Å². The van der Waals surface area contributed by atoms with Gasteiger partial charge in [-0.3, -0.25) is 9.69 Å². The van der Waals surface area contributed by atoms with Gasteiger partial charge in [-0.15, -0.1) is 0 Å². The molecule has 84 valence electrons. The van der Waals surface area contributed by atoms with Crippen LogP contribution in [-0.2, 0) is 11.3 Å². The van der Waals surface area contributed by atoms with Crippen LogP contribution in [0.2, 0.25) is 0 Å². The summed E-state index contributed by atoms with van der Waals surface area (Å²) in [6.45, 7) is 6.49. The van der Waals surface area contributed by atoms with E-state index in [0.717, 1.165) is 5.56 Å². The predicted octanol–water partition coefficient (Wildman–Crippen LogP) is 1.36. The summed E-state index contributed by atoms with van der Waals surface area (Å²) >= 11 is 0. The largest absolute Gasteiger partial charge is 0.480 e. The zero-order valence-corrected chi connectivity index (χ0v) is 9.23. The maximum Gasteiger partial charge on any atom is 0.323 e. The Morgan fingerprint density at radius 3 is 2.73 bits per heavy atom. The molecule has 1 N–H and O–H groups in total. The Balaban J connectivity index is 2.76. The zero-order chi connectivity index (χ0) is 11.5. The van der Waals surface area contributed by atoms with Crippen molar-refractivity contribution in [1.82, 2.24) is 10.1 Å². The quantitative estimate of drug-likeness (QED) is 0.798. The maximum atomic E-state index is 11.1. The highest BCUT2D eigenvalue weighted by molar-refractivity contribution is 5.77. The number of carboxylic acid groups (broad SMARTS) is 1. The molecular formula is C10H16N2O3. The molecule has 0 aromatic carbocycles. The van der Waals surface area contributed by atoms with Gasteiger partial charge in [-0.25, -0.2) is 0 Å². The van der Waals surface area contributed by atoms with Crippen molar-refractivity contribution >= 4 is 5.97 Å². The molecule has 15 heavy (non-hydrogen) atoms. The lowest BCUT2D eigenvalue weighted by atomic mass is 10.0. The number of carboxylic acids is 1. The monoisotopic (exact) mass is 212 g/mol. The molecule has 0 bridgehead atoms. The highest BCUT2D eigenvalue weighted by Crippen LogP contribution is 2.17. The number of hydrogen-bond acceptors (Lipinski definition) is 4. The molecule has 1 aromatic heterocycles. The fourth-order valence-electron chi connectivity index (χ4n) is 1.37. The minimum Gasteiger partial charge on any atom is -0.480 e. The first-order chi connectivity index (χ1) is 6.98. The fourth-order valence-corrected chi connectivity index (χ4v) is 1.37. The minimum atomic E-state index is -0.883. The Morgan fingerprint density at radius 1 is 1.67 bits per heavy atom. The molecule has 0 aliphatic rings. The van der Waals surface area contributed by atoms with E-state index in [1.807, 2.05) is 11.8 Å². The van der Waals surface area contributed by atoms with Crippen molar-refractivity contribution in [2.45, 2.75) is 32.9 Å². The van der Waals surface area contributed by atoms with Crippen molar-refractivity contribution in [1.29, 1.82) is 0 Å². The normalized spacial score (nSPS) is 12.0. The maximum absolute atomic E-state index is 11.1. The number of rotatable bonds is 5. The molecule has 0 saturated heterocycles. The summed E-state index contributed by atoms with van der Waals surface area (Å²) in [4.78, 5) is 12.9. The Bertz CT molecular complexity index is 319. The van der Waals surface area contributed by atoms with Gasteiger partial charge in [0.25, 0.3) is 0 Å². The Labute approximate surface area is 88.7 Å². The van der Waals surface area contributed by atoms with Crippen molar-refractivity contribution in [2.24, 2.45) is 0 Å². The molecule has 5 nitrogen and oxygen atoms in total. The molecule has 0 spiro atoms. The zero-order valence-electron chi connectivity index (χ0n) is 9.23. The number of likely N-dealkylation sites (N-methyl/N-ethyl adjacent to an activating group) is 1. The van der Waals surface area contributed by atoms with Gasteiger partial charge in [0.05, 0.1) is 6.20 Å². The van der Waals surface area contributed by atoms with Gasteiger partial charge in [-0.2, -0.15) is 0 Å². The SMILES string of the molecule is CCN(Cc1cnoc1)C(C)(C)C(=O)O. The van der Waals surface area contributed by atoms with Gasteiger partial charge in [0.2, 0.25) is 0 Å². The molecule has 0 aliphatic heterocycles. The van der Waals surface area contributed by atoms with E-state index in [1.54, 1.807) is 20.0 Å². The van der Waals surface area contributed by atoms with E-state index >= 15 is 0 Å². The van der Waals surface area contributed by atoms with Crippen LogP contribution in [0.1, 0.15) is 26.3 Å². The molecule has 0 unspecified atom stereocenters. The Morgan fingerprint density at radius 2 is 2.33 bits per heavy atom. The van der Waals surface area contributed by atoms with Crippen molar-refractivity contribution in [2.75, 3.05) is 6.54 Å². The smallest absolute Gasteiger partial charge is 0.323 e. The van der Waals surface area contributed by atoms with E-state index in [9.17, 15) is 4.79 Å². The molecule has 5 heteroatoms. The fraction of sp³-hybridized carbons (Fsp3) is 0.600. The summed E-state index contributed by atoms with van der Waals surface area (Å²) in [5.74, 6) is -0.833. The molecule has 1 aromatic rings. The van der Waals surface area contributed by atoms with Gasteiger partial charge in [-0.05, 0) is 20.4 Å². The summed E-state index contributed by atoms with van der Waals surface area (Å²) in [5, 5.41) is 12.7. The van der Waals surface area contributed by atoms with Gasteiger partial charge in [0.15, 0.2) is 0 Å². The third kappa shape index (κ3) is 2.56. The molecular weight excluding hydrogens is 196 g/mol. The predicted molar refractivity (Wildman–Crippen MR) is 54.3 cm³/mol. The van der Waals surface area contributed by atoms with E-state index in [4.69, 9.17) is 9.63 Å². The topological polar surface area (TPSA) is 66.6 Å². The number of nitrogens with zero attached hydrogens (tertiary/aromatic N) is 2. The van der Waals surface area contributed by atoms with E-state index in [1.165, 1.54) is 6.26 Å². The third-order valence-corrected chi connectivity index (χ3v) is 2.55. The third-order valence-electron chi connectivity index (χ3n) is 2.55. The molecule has 0 aliphatic carbocycles. The van der Waals surface area contributed by atoms with Crippen LogP contribution >= 0.6 is 0 Å². The second-order valence-electron chi connectivity index (χ2n) is 3.91. The lowest BCUT2D eigenvalue weighted by molar-refractivity contribution is -0.149. The van der Waals surface area contributed by atoms with E-state index in [2.05, 4.69) is 5.16 Å².